The molecule has 0 radical (unpaired) electrons. The quantitative estimate of drug-likeness (QED) is 0.242. The van der Waals surface area contributed by atoms with Gasteiger partial charge in [-0.15, -0.1) is 0 Å². The highest BCUT2D eigenvalue weighted by atomic mass is 16.7. The molecule has 12 heteroatoms. The first-order valence-electron chi connectivity index (χ1n) is 16.8. The Balaban J connectivity index is 1.21. The Morgan fingerprint density at radius 3 is 2.83 bits per heavy atom. The zero-order valence-electron chi connectivity index (χ0n) is 27.5. The first-order valence-corrected chi connectivity index (χ1v) is 16.8. The van der Waals surface area contributed by atoms with Gasteiger partial charge in [0.25, 0.3) is 0 Å². The average molecular weight is 654 g/mol. The number of fused-ring (bicyclic) bond motifs is 2. The van der Waals surface area contributed by atoms with E-state index >= 15 is 0 Å². The van der Waals surface area contributed by atoms with Gasteiger partial charge < -0.3 is 39.0 Å². The number of nitrogens with zero attached hydrogens (tertiary/aromatic N) is 6. The van der Waals surface area contributed by atoms with Crippen molar-refractivity contribution in [2.75, 3.05) is 76.2 Å². The van der Waals surface area contributed by atoms with Gasteiger partial charge in [0.1, 0.15) is 11.6 Å². The van der Waals surface area contributed by atoms with E-state index in [4.69, 9.17) is 28.9 Å². The third kappa shape index (κ3) is 6.50. The number of carbonyl (C=O) groups excluding carboxylic acids is 1. The summed E-state index contributed by atoms with van der Waals surface area (Å²) in [5.41, 5.74) is 3.02. The highest BCUT2D eigenvalue weighted by Crippen LogP contribution is 2.50. The second-order valence-electron chi connectivity index (χ2n) is 13.1. The number of rotatable bonds is 11. The minimum atomic E-state index is -0.267. The molecule has 4 aliphatic rings. The van der Waals surface area contributed by atoms with Crippen LogP contribution in [0.2, 0.25) is 0 Å². The van der Waals surface area contributed by atoms with Crippen molar-refractivity contribution in [3.63, 3.8) is 0 Å². The van der Waals surface area contributed by atoms with Crippen LogP contribution in [0.1, 0.15) is 30.5 Å². The number of piperazine rings is 1. The minimum absolute atomic E-state index is 0.0327. The number of nitrogens with one attached hydrogen (secondary N) is 1. The topological polar surface area (TPSA) is 125 Å². The predicted octanol–water partition coefficient (Wildman–Crippen LogP) is 3.44. The van der Waals surface area contributed by atoms with Crippen molar-refractivity contribution in [3.05, 3.63) is 60.3 Å². The van der Waals surface area contributed by atoms with Crippen molar-refractivity contribution in [3.8, 4) is 17.8 Å². The molecule has 252 valence electrons. The Labute approximate surface area is 281 Å². The molecule has 1 unspecified atom stereocenters. The molecule has 1 saturated carbocycles. The molecule has 4 heterocycles. The van der Waals surface area contributed by atoms with E-state index in [9.17, 15) is 10.1 Å². The Morgan fingerprint density at radius 2 is 2.06 bits per heavy atom. The third-order valence-electron chi connectivity index (χ3n) is 10.1. The fourth-order valence-electron chi connectivity index (χ4n) is 7.28. The number of anilines is 2. The molecule has 1 N–H and O–H groups in total. The monoisotopic (exact) mass is 653 g/mol. The molecule has 12 nitrogen and oxygen atoms in total. The molecule has 3 aliphatic heterocycles. The van der Waals surface area contributed by atoms with Gasteiger partial charge in [-0.1, -0.05) is 30.8 Å². The summed E-state index contributed by atoms with van der Waals surface area (Å²) in [6.07, 6.45) is 4.49. The summed E-state index contributed by atoms with van der Waals surface area (Å²) < 4.78 is 23.7. The van der Waals surface area contributed by atoms with Gasteiger partial charge in [0, 0.05) is 74.5 Å². The van der Waals surface area contributed by atoms with E-state index in [-0.39, 0.29) is 36.7 Å². The molecule has 3 fully saturated rings. The van der Waals surface area contributed by atoms with Crippen LogP contribution in [0.15, 0.2) is 49.1 Å². The van der Waals surface area contributed by atoms with Crippen LogP contribution in [0.4, 0.5) is 11.5 Å². The van der Waals surface area contributed by atoms with E-state index in [0.717, 1.165) is 78.2 Å². The van der Waals surface area contributed by atoms with Gasteiger partial charge in [0.05, 0.1) is 50.1 Å². The summed E-state index contributed by atoms with van der Waals surface area (Å²) in [6, 6.07) is 14.8. The lowest BCUT2D eigenvalue weighted by Gasteiger charge is -2.42. The fraction of sp³-hybridized carbons (Fsp3) is 0.500. The van der Waals surface area contributed by atoms with Crippen LogP contribution in [0, 0.1) is 16.7 Å². The zero-order chi connectivity index (χ0) is 33.1. The lowest BCUT2D eigenvalue weighted by Crippen LogP contribution is -2.55. The molecule has 1 amide bonds. The molecule has 7 rings (SSSR count). The van der Waals surface area contributed by atoms with E-state index in [2.05, 4.69) is 52.0 Å². The van der Waals surface area contributed by atoms with E-state index in [0.29, 0.717) is 45.4 Å². The van der Waals surface area contributed by atoms with Gasteiger partial charge in [-0.25, -0.2) is 0 Å². The Bertz CT molecular complexity index is 1700. The molecule has 3 aromatic rings. The summed E-state index contributed by atoms with van der Waals surface area (Å²) in [5, 5.41) is 15.3. The fourth-order valence-corrected chi connectivity index (χ4v) is 7.28. The number of hydrogen-bond donors (Lipinski definition) is 1. The maximum atomic E-state index is 12.6. The second-order valence-corrected chi connectivity index (χ2v) is 13.1. The van der Waals surface area contributed by atoms with Gasteiger partial charge in [-0.05, 0) is 36.8 Å². The zero-order valence-corrected chi connectivity index (χ0v) is 27.5. The van der Waals surface area contributed by atoms with Crippen LogP contribution >= 0.6 is 0 Å². The highest BCUT2D eigenvalue weighted by Gasteiger charge is 2.51. The van der Waals surface area contributed by atoms with Crippen molar-refractivity contribution in [1.29, 1.82) is 5.26 Å². The Hall–Kier alpha value is -4.44. The van der Waals surface area contributed by atoms with Crippen LogP contribution in [0.5, 0.6) is 11.8 Å². The summed E-state index contributed by atoms with van der Waals surface area (Å²) >= 11 is 0. The Morgan fingerprint density at radius 1 is 1.19 bits per heavy atom. The summed E-state index contributed by atoms with van der Waals surface area (Å²) in [6.45, 7) is 9.61. The Kier molecular flexibility index (Phi) is 9.34. The maximum absolute atomic E-state index is 12.6. The third-order valence-corrected chi connectivity index (χ3v) is 10.1. The molecule has 0 bridgehead atoms. The summed E-state index contributed by atoms with van der Waals surface area (Å²) in [7, 11) is 1.62. The van der Waals surface area contributed by atoms with E-state index in [1.54, 1.807) is 12.0 Å². The lowest BCUT2D eigenvalue weighted by atomic mass is 9.99. The molecular formula is C36H43N7O5. The molecule has 2 atom stereocenters. The largest absolute Gasteiger partial charge is 0.467 e. The average Bonchev–Trinajstić information content (AvgIpc) is 3.93. The number of carbonyl (C=O) groups is 1. The molecule has 0 spiro atoms. The van der Waals surface area contributed by atoms with Crippen LogP contribution in [-0.2, 0) is 27.2 Å². The number of benzene rings is 2. The molecule has 2 saturated heterocycles. The number of amides is 1. The first-order chi connectivity index (χ1) is 23.5. The van der Waals surface area contributed by atoms with Crippen LogP contribution in [-0.4, -0.2) is 99.3 Å². The van der Waals surface area contributed by atoms with Crippen molar-refractivity contribution in [2.45, 2.75) is 44.4 Å². The van der Waals surface area contributed by atoms with Gasteiger partial charge in [-0.2, -0.15) is 15.2 Å². The first kappa shape index (κ1) is 32.1. The predicted molar refractivity (Wildman–Crippen MR) is 181 cm³/mol. The highest BCUT2D eigenvalue weighted by molar-refractivity contribution is 5.96. The van der Waals surface area contributed by atoms with Gasteiger partial charge in [-0.3, -0.25) is 4.79 Å². The number of nitriles is 1. The van der Waals surface area contributed by atoms with E-state index in [1.807, 2.05) is 12.1 Å². The molecular weight excluding hydrogens is 610 g/mol. The number of ether oxygens (including phenoxy) is 4. The van der Waals surface area contributed by atoms with Crippen LogP contribution in [0.3, 0.4) is 0 Å². The molecule has 1 aliphatic carbocycles. The standard InChI is InChI=1S/C36H43N7O5/c1-3-33(44)43-16-15-42(21-26(43)8-12-37)34-29-9-14-41(31-19-27(48-24-45-2)18-25-6-4-5-7-28(25)31)22-30(29)39-35(40-34)47-23-36(10-11-36)32-20-38-13-17-46-32/h3-7,18-19,26,32,38H,1,8-11,13-17,20-24H2,2H3/t26-,32?/m0/s1. The number of morpholine rings is 1. The normalized spacial score (nSPS) is 21.7. The maximum Gasteiger partial charge on any atom is 0.318 e. The number of aromatic nitrogens is 2. The smallest absolute Gasteiger partial charge is 0.318 e. The van der Waals surface area contributed by atoms with Gasteiger partial charge in [0.15, 0.2) is 6.79 Å². The van der Waals surface area contributed by atoms with Crippen molar-refractivity contribution >= 4 is 28.2 Å². The van der Waals surface area contributed by atoms with E-state index in [1.165, 1.54) is 6.08 Å². The molecule has 48 heavy (non-hydrogen) atoms. The van der Waals surface area contributed by atoms with Crippen molar-refractivity contribution in [1.82, 2.24) is 20.2 Å². The number of methoxy groups -OCH3 is 1. The minimum Gasteiger partial charge on any atom is -0.467 e. The second kappa shape index (κ2) is 14.0. The number of hydrogen-bond acceptors (Lipinski definition) is 11. The van der Waals surface area contributed by atoms with Crippen LogP contribution < -0.4 is 24.6 Å². The molecule has 2 aromatic carbocycles. The van der Waals surface area contributed by atoms with Crippen molar-refractivity contribution in [2.24, 2.45) is 5.41 Å². The molecule has 1 aromatic heterocycles. The SMILES string of the molecule is C=CC(=O)N1CCN(c2nc(OCC3(C4CNCCO4)CC3)nc3c2CCN(c2cc(OCOC)cc4ccccc24)C3)C[C@@H]1CC#N. The van der Waals surface area contributed by atoms with Crippen molar-refractivity contribution < 1.29 is 23.7 Å². The summed E-state index contributed by atoms with van der Waals surface area (Å²) in [4.78, 5) is 29.0. The lowest BCUT2D eigenvalue weighted by molar-refractivity contribution is -0.128. The van der Waals surface area contributed by atoms with Crippen LogP contribution in [0.25, 0.3) is 10.8 Å². The van der Waals surface area contributed by atoms with Gasteiger partial charge in [0.2, 0.25) is 5.91 Å². The summed E-state index contributed by atoms with van der Waals surface area (Å²) in [5.74, 6) is 1.41. The van der Waals surface area contributed by atoms with E-state index < -0.39 is 0 Å². The van der Waals surface area contributed by atoms with Gasteiger partial charge >= 0.3 is 6.01 Å².